The molecule has 1 N–H and O–H groups in total. The van der Waals surface area contributed by atoms with Gasteiger partial charge in [0.05, 0.1) is 11.3 Å². The van der Waals surface area contributed by atoms with Crippen molar-refractivity contribution in [2.75, 3.05) is 5.32 Å². The maximum atomic E-state index is 9.02. The molecule has 2 nitrogen and oxygen atoms in total. The van der Waals surface area contributed by atoms with Crippen molar-refractivity contribution in [3.05, 3.63) is 65.2 Å². The molecule has 0 aliphatic rings. The number of para-hydroxylation sites is 1. The van der Waals surface area contributed by atoms with Crippen LogP contribution in [-0.2, 0) is 6.54 Å². The van der Waals surface area contributed by atoms with Crippen LogP contribution in [0.4, 0.5) is 5.69 Å². The van der Waals surface area contributed by atoms with Crippen molar-refractivity contribution in [1.29, 1.82) is 5.26 Å². The largest absolute Gasteiger partial charge is 0.380 e. The lowest BCUT2D eigenvalue weighted by molar-refractivity contribution is 0.865. The molecule has 2 aromatic rings. The van der Waals surface area contributed by atoms with Crippen LogP contribution in [0, 0.1) is 11.3 Å². The quantitative estimate of drug-likeness (QED) is 0.878. The molecule has 0 amide bonds. The third kappa shape index (κ3) is 3.35. The average molecular weight is 250 g/mol. The van der Waals surface area contributed by atoms with Gasteiger partial charge < -0.3 is 5.32 Å². The Hall–Kier alpha value is -2.27. The molecule has 0 aliphatic heterocycles. The normalized spacial score (nSPS) is 10.2. The van der Waals surface area contributed by atoms with E-state index in [9.17, 15) is 0 Å². The van der Waals surface area contributed by atoms with E-state index in [1.807, 2.05) is 24.3 Å². The van der Waals surface area contributed by atoms with Gasteiger partial charge in [0.25, 0.3) is 0 Å². The lowest BCUT2D eigenvalue weighted by Gasteiger charge is -2.10. The molecular weight excluding hydrogens is 232 g/mol. The summed E-state index contributed by atoms with van der Waals surface area (Å²) in [5.74, 6) is 0.557. The van der Waals surface area contributed by atoms with Gasteiger partial charge in [-0.05, 0) is 29.2 Å². The first-order valence-corrected chi connectivity index (χ1v) is 6.52. The summed E-state index contributed by atoms with van der Waals surface area (Å²) in [5, 5.41) is 12.3. The fourth-order valence-corrected chi connectivity index (χ4v) is 1.95. The second-order valence-electron chi connectivity index (χ2n) is 4.91. The van der Waals surface area contributed by atoms with Crippen LogP contribution in [0.3, 0.4) is 0 Å². The van der Waals surface area contributed by atoms with Crippen LogP contribution in [-0.4, -0.2) is 0 Å². The number of anilines is 1. The van der Waals surface area contributed by atoms with Gasteiger partial charge in [-0.25, -0.2) is 0 Å². The molecule has 0 bridgehead atoms. The highest BCUT2D eigenvalue weighted by Crippen LogP contribution is 2.17. The summed E-state index contributed by atoms with van der Waals surface area (Å²) < 4.78 is 0. The number of nitrogens with one attached hydrogen (secondary N) is 1. The van der Waals surface area contributed by atoms with Crippen LogP contribution in [0.1, 0.15) is 36.5 Å². The molecule has 0 saturated carbocycles. The third-order valence-electron chi connectivity index (χ3n) is 3.18. The van der Waals surface area contributed by atoms with Crippen LogP contribution in [0.2, 0.25) is 0 Å². The van der Waals surface area contributed by atoms with E-state index >= 15 is 0 Å². The van der Waals surface area contributed by atoms with Crippen LogP contribution < -0.4 is 5.32 Å². The molecule has 0 unspecified atom stereocenters. The van der Waals surface area contributed by atoms with E-state index in [4.69, 9.17) is 5.26 Å². The predicted octanol–water partition coefficient (Wildman–Crippen LogP) is 4.29. The maximum absolute atomic E-state index is 9.02. The van der Waals surface area contributed by atoms with Crippen molar-refractivity contribution in [3.8, 4) is 6.07 Å². The van der Waals surface area contributed by atoms with Crippen molar-refractivity contribution in [1.82, 2.24) is 0 Å². The van der Waals surface area contributed by atoms with E-state index < -0.39 is 0 Å². The topological polar surface area (TPSA) is 35.8 Å². The second-order valence-corrected chi connectivity index (χ2v) is 4.91. The van der Waals surface area contributed by atoms with E-state index in [1.54, 1.807) is 0 Å². The van der Waals surface area contributed by atoms with Gasteiger partial charge in [-0.1, -0.05) is 50.2 Å². The highest BCUT2D eigenvalue weighted by molar-refractivity contribution is 5.57. The summed E-state index contributed by atoms with van der Waals surface area (Å²) >= 11 is 0. The zero-order chi connectivity index (χ0) is 13.7. The Morgan fingerprint density at radius 1 is 1.05 bits per heavy atom. The Morgan fingerprint density at radius 2 is 1.74 bits per heavy atom. The van der Waals surface area contributed by atoms with Gasteiger partial charge in [-0.2, -0.15) is 5.26 Å². The molecule has 0 fully saturated rings. The van der Waals surface area contributed by atoms with E-state index in [0.717, 1.165) is 12.2 Å². The molecule has 0 saturated heterocycles. The fraction of sp³-hybridized carbons (Fsp3) is 0.235. The lowest BCUT2D eigenvalue weighted by Crippen LogP contribution is -2.01. The van der Waals surface area contributed by atoms with E-state index in [0.29, 0.717) is 11.5 Å². The summed E-state index contributed by atoms with van der Waals surface area (Å²) in [4.78, 5) is 0. The average Bonchev–Trinajstić information content (AvgIpc) is 2.45. The lowest BCUT2D eigenvalue weighted by atomic mass is 10.0. The summed E-state index contributed by atoms with van der Waals surface area (Å²) in [6, 6.07) is 18.4. The van der Waals surface area contributed by atoms with E-state index in [-0.39, 0.29) is 0 Å². The van der Waals surface area contributed by atoms with Gasteiger partial charge in [0.1, 0.15) is 6.07 Å². The molecule has 0 heterocycles. The van der Waals surface area contributed by atoms with Gasteiger partial charge in [0, 0.05) is 6.54 Å². The van der Waals surface area contributed by atoms with Crippen LogP contribution >= 0.6 is 0 Å². The van der Waals surface area contributed by atoms with E-state index in [1.165, 1.54) is 11.1 Å². The van der Waals surface area contributed by atoms with Crippen molar-refractivity contribution >= 4 is 5.69 Å². The summed E-state index contributed by atoms with van der Waals surface area (Å²) in [7, 11) is 0. The zero-order valence-corrected chi connectivity index (χ0v) is 11.4. The number of rotatable bonds is 4. The third-order valence-corrected chi connectivity index (χ3v) is 3.18. The van der Waals surface area contributed by atoms with Crippen molar-refractivity contribution in [3.63, 3.8) is 0 Å². The molecule has 19 heavy (non-hydrogen) atoms. The molecule has 2 heteroatoms. The van der Waals surface area contributed by atoms with Crippen LogP contribution in [0.15, 0.2) is 48.5 Å². The Morgan fingerprint density at radius 3 is 2.37 bits per heavy atom. The maximum Gasteiger partial charge on any atom is 0.101 e. The van der Waals surface area contributed by atoms with Gasteiger partial charge in [-0.15, -0.1) is 0 Å². The molecule has 2 aromatic carbocycles. The highest BCUT2D eigenvalue weighted by atomic mass is 14.9. The van der Waals surface area contributed by atoms with Crippen molar-refractivity contribution in [2.45, 2.75) is 26.3 Å². The summed E-state index contributed by atoms with van der Waals surface area (Å²) in [6.07, 6.45) is 0. The number of nitriles is 1. The summed E-state index contributed by atoms with van der Waals surface area (Å²) in [5.41, 5.74) is 4.14. The Kier molecular flexibility index (Phi) is 4.20. The van der Waals surface area contributed by atoms with Crippen molar-refractivity contribution < 1.29 is 0 Å². The SMILES string of the molecule is CC(C)c1ccc(CNc2ccccc2C#N)cc1. The molecule has 0 aliphatic carbocycles. The molecule has 0 radical (unpaired) electrons. The Labute approximate surface area is 114 Å². The first-order valence-electron chi connectivity index (χ1n) is 6.52. The van der Waals surface area contributed by atoms with E-state index in [2.05, 4.69) is 49.5 Å². The number of hydrogen-bond acceptors (Lipinski definition) is 2. The van der Waals surface area contributed by atoms with Crippen LogP contribution in [0.5, 0.6) is 0 Å². The molecule has 0 spiro atoms. The van der Waals surface area contributed by atoms with Gasteiger partial charge in [0.2, 0.25) is 0 Å². The molecular formula is C17H18N2. The predicted molar refractivity (Wildman–Crippen MR) is 79.0 cm³/mol. The Bertz CT molecular complexity index is 577. The minimum atomic E-state index is 0.557. The minimum absolute atomic E-state index is 0.557. The monoisotopic (exact) mass is 250 g/mol. The first-order chi connectivity index (χ1) is 9.20. The van der Waals surface area contributed by atoms with Crippen molar-refractivity contribution in [2.24, 2.45) is 0 Å². The molecule has 2 rings (SSSR count). The number of nitrogens with zero attached hydrogens (tertiary/aromatic N) is 1. The fourth-order valence-electron chi connectivity index (χ4n) is 1.95. The zero-order valence-electron chi connectivity index (χ0n) is 11.4. The first kappa shape index (κ1) is 13.2. The van der Waals surface area contributed by atoms with Gasteiger partial charge in [0.15, 0.2) is 0 Å². The summed E-state index contributed by atoms with van der Waals surface area (Å²) in [6.45, 7) is 5.11. The molecule has 0 aromatic heterocycles. The van der Waals surface area contributed by atoms with Gasteiger partial charge in [-0.3, -0.25) is 0 Å². The molecule has 96 valence electrons. The smallest absolute Gasteiger partial charge is 0.101 e. The number of benzene rings is 2. The van der Waals surface area contributed by atoms with Gasteiger partial charge >= 0.3 is 0 Å². The standard InChI is InChI=1S/C17H18N2/c1-13(2)15-9-7-14(8-10-15)12-19-17-6-4-3-5-16(17)11-18/h3-10,13,19H,12H2,1-2H3. The highest BCUT2D eigenvalue weighted by Gasteiger charge is 2.01. The second kappa shape index (κ2) is 6.06. The number of hydrogen-bond donors (Lipinski definition) is 1. The van der Waals surface area contributed by atoms with Crippen LogP contribution in [0.25, 0.3) is 0 Å². The minimum Gasteiger partial charge on any atom is -0.380 e. The Balaban J connectivity index is 2.04. The molecule has 0 atom stereocenters.